The van der Waals surface area contributed by atoms with Gasteiger partial charge in [-0.15, -0.1) is 24.8 Å². The smallest absolute Gasteiger partial charge is 0.137 e. The first-order valence-corrected chi connectivity index (χ1v) is 5.13. The molecule has 2 rings (SSSR count). The Labute approximate surface area is 113 Å². The third-order valence-corrected chi connectivity index (χ3v) is 2.71. The molecule has 1 saturated heterocycles. The van der Waals surface area contributed by atoms with Crippen molar-refractivity contribution in [3.63, 3.8) is 0 Å². The monoisotopic (exact) mass is 282 g/mol. The Hall–Kier alpha value is -0.580. The summed E-state index contributed by atoms with van der Waals surface area (Å²) in [7, 11) is 1.93. The van der Waals surface area contributed by atoms with Gasteiger partial charge in [-0.1, -0.05) is 0 Å². The number of aromatic nitrogens is 1. The van der Waals surface area contributed by atoms with Crippen molar-refractivity contribution in [2.24, 2.45) is 0 Å². The lowest BCUT2D eigenvalue weighted by molar-refractivity contribution is 0.197. The molecule has 0 unspecified atom stereocenters. The van der Waals surface area contributed by atoms with Crippen molar-refractivity contribution in [3.8, 4) is 5.75 Å². The molecule has 2 heterocycles. The molecule has 1 aromatic heterocycles. The summed E-state index contributed by atoms with van der Waals surface area (Å²) in [5.74, 6) is 0.744. The summed E-state index contributed by atoms with van der Waals surface area (Å²) >= 11 is 0. The van der Waals surface area contributed by atoms with Crippen LogP contribution in [-0.2, 0) is 0 Å². The fourth-order valence-electron chi connectivity index (χ4n) is 1.83. The van der Waals surface area contributed by atoms with E-state index in [9.17, 15) is 4.39 Å². The number of rotatable bonds is 3. The SMILES string of the molecule is CN1C[C@@H](F)C[C@H]1COc1cccnc1.Cl.Cl. The standard InChI is InChI=1S/C11H15FN2O.2ClH/c1-14-7-9(12)5-10(14)8-15-11-3-2-4-13-6-11;;/h2-4,6,9-10H,5,7-8H2,1H3;2*1H/t9-,10-;;/m0../s1. The van der Waals surface area contributed by atoms with Crippen LogP contribution < -0.4 is 4.74 Å². The molecule has 17 heavy (non-hydrogen) atoms. The molecule has 3 nitrogen and oxygen atoms in total. The summed E-state index contributed by atoms with van der Waals surface area (Å²) in [5, 5.41) is 0. The molecule has 0 amide bonds. The second kappa shape index (κ2) is 7.69. The number of pyridine rings is 1. The van der Waals surface area contributed by atoms with Gasteiger partial charge in [-0.25, -0.2) is 4.39 Å². The van der Waals surface area contributed by atoms with Gasteiger partial charge >= 0.3 is 0 Å². The van der Waals surface area contributed by atoms with E-state index in [1.807, 2.05) is 24.1 Å². The molecule has 98 valence electrons. The maximum absolute atomic E-state index is 13.0. The average Bonchev–Trinajstić information content (AvgIpc) is 2.56. The van der Waals surface area contributed by atoms with Crippen LogP contribution in [0, 0.1) is 0 Å². The van der Waals surface area contributed by atoms with Gasteiger partial charge in [-0.3, -0.25) is 9.88 Å². The summed E-state index contributed by atoms with van der Waals surface area (Å²) in [5.41, 5.74) is 0. The predicted molar refractivity (Wildman–Crippen MR) is 70.2 cm³/mol. The summed E-state index contributed by atoms with van der Waals surface area (Å²) in [6.07, 6.45) is 3.22. The largest absolute Gasteiger partial charge is 0.490 e. The number of nitrogens with zero attached hydrogens (tertiary/aromatic N) is 2. The number of likely N-dealkylation sites (tertiary alicyclic amines) is 1. The lowest BCUT2D eigenvalue weighted by Gasteiger charge is -2.18. The van der Waals surface area contributed by atoms with Crippen LogP contribution in [0.25, 0.3) is 0 Å². The first-order chi connectivity index (χ1) is 7.25. The third-order valence-electron chi connectivity index (χ3n) is 2.71. The highest BCUT2D eigenvalue weighted by Crippen LogP contribution is 2.19. The normalized spacial score (nSPS) is 23.6. The average molecular weight is 283 g/mol. The van der Waals surface area contributed by atoms with Crippen LogP contribution in [-0.4, -0.2) is 42.3 Å². The van der Waals surface area contributed by atoms with Gasteiger partial charge in [0.25, 0.3) is 0 Å². The molecular formula is C11H17Cl2FN2O. The van der Waals surface area contributed by atoms with Crippen LogP contribution in [0.15, 0.2) is 24.5 Å². The zero-order chi connectivity index (χ0) is 10.7. The van der Waals surface area contributed by atoms with Gasteiger partial charge in [0.1, 0.15) is 18.5 Å². The maximum Gasteiger partial charge on any atom is 0.137 e. The van der Waals surface area contributed by atoms with Crippen LogP contribution in [0.4, 0.5) is 4.39 Å². The number of hydrogen-bond donors (Lipinski definition) is 0. The van der Waals surface area contributed by atoms with Gasteiger partial charge in [0, 0.05) is 18.8 Å². The number of alkyl halides is 1. The highest BCUT2D eigenvalue weighted by molar-refractivity contribution is 5.85. The van der Waals surface area contributed by atoms with Crippen LogP contribution in [0.2, 0.25) is 0 Å². The summed E-state index contributed by atoms with van der Waals surface area (Å²) < 4.78 is 18.6. The van der Waals surface area contributed by atoms with Gasteiger partial charge in [0.2, 0.25) is 0 Å². The van der Waals surface area contributed by atoms with Crippen molar-refractivity contribution in [1.29, 1.82) is 0 Å². The zero-order valence-corrected chi connectivity index (χ0v) is 11.2. The molecule has 1 fully saturated rings. The van der Waals surface area contributed by atoms with E-state index in [2.05, 4.69) is 4.98 Å². The van der Waals surface area contributed by atoms with Gasteiger partial charge in [0.05, 0.1) is 6.20 Å². The summed E-state index contributed by atoms with van der Waals surface area (Å²) in [6, 6.07) is 3.86. The van der Waals surface area contributed by atoms with E-state index in [0.29, 0.717) is 19.6 Å². The fraction of sp³-hybridized carbons (Fsp3) is 0.545. The van der Waals surface area contributed by atoms with E-state index < -0.39 is 6.17 Å². The van der Waals surface area contributed by atoms with E-state index in [4.69, 9.17) is 4.74 Å². The van der Waals surface area contributed by atoms with E-state index in [1.165, 1.54) is 0 Å². The first kappa shape index (κ1) is 16.4. The molecule has 2 atom stereocenters. The number of halogens is 3. The maximum atomic E-state index is 13.0. The number of likely N-dealkylation sites (N-methyl/N-ethyl adjacent to an activating group) is 1. The molecule has 0 radical (unpaired) electrons. The van der Waals surface area contributed by atoms with E-state index in [1.54, 1.807) is 12.4 Å². The molecule has 1 aliphatic heterocycles. The van der Waals surface area contributed by atoms with E-state index in [0.717, 1.165) is 5.75 Å². The number of ether oxygens (including phenoxy) is 1. The Balaban J connectivity index is 0.00000128. The van der Waals surface area contributed by atoms with Gasteiger partial charge < -0.3 is 4.74 Å². The summed E-state index contributed by atoms with van der Waals surface area (Å²) in [6.45, 7) is 1.05. The van der Waals surface area contributed by atoms with Crippen molar-refractivity contribution in [2.45, 2.75) is 18.6 Å². The molecule has 0 saturated carbocycles. The van der Waals surface area contributed by atoms with Gasteiger partial charge in [0.15, 0.2) is 0 Å². The lowest BCUT2D eigenvalue weighted by Crippen LogP contribution is -2.30. The second-order valence-corrected chi connectivity index (χ2v) is 3.93. The van der Waals surface area contributed by atoms with E-state index >= 15 is 0 Å². The molecule has 0 spiro atoms. The van der Waals surface area contributed by atoms with Crippen LogP contribution in [0.5, 0.6) is 5.75 Å². The molecule has 0 aromatic carbocycles. The fourth-order valence-corrected chi connectivity index (χ4v) is 1.83. The molecular weight excluding hydrogens is 266 g/mol. The van der Waals surface area contributed by atoms with Crippen molar-refractivity contribution in [1.82, 2.24) is 9.88 Å². The Morgan fingerprint density at radius 1 is 1.53 bits per heavy atom. The first-order valence-electron chi connectivity index (χ1n) is 5.13. The predicted octanol–water partition coefficient (Wildman–Crippen LogP) is 2.35. The molecule has 6 heteroatoms. The van der Waals surface area contributed by atoms with Crippen LogP contribution in [0.1, 0.15) is 6.42 Å². The Morgan fingerprint density at radius 3 is 2.82 bits per heavy atom. The molecule has 0 bridgehead atoms. The van der Waals surface area contributed by atoms with Crippen molar-refractivity contribution >= 4 is 24.8 Å². The third kappa shape index (κ3) is 4.66. The van der Waals surface area contributed by atoms with E-state index in [-0.39, 0.29) is 30.9 Å². The minimum atomic E-state index is -0.711. The number of hydrogen-bond acceptors (Lipinski definition) is 3. The minimum absolute atomic E-state index is 0. The van der Waals surface area contributed by atoms with Crippen molar-refractivity contribution < 1.29 is 9.13 Å². The van der Waals surface area contributed by atoms with Crippen molar-refractivity contribution in [3.05, 3.63) is 24.5 Å². The molecule has 1 aliphatic rings. The Kier molecular flexibility index (Phi) is 7.43. The Bertz CT molecular complexity index is 316. The molecule has 1 aromatic rings. The van der Waals surface area contributed by atoms with Crippen LogP contribution >= 0.6 is 24.8 Å². The van der Waals surface area contributed by atoms with Crippen molar-refractivity contribution in [2.75, 3.05) is 20.2 Å². The molecule has 0 N–H and O–H groups in total. The lowest BCUT2D eigenvalue weighted by atomic mass is 10.2. The second-order valence-electron chi connectivity index (χ2n) is 3.93. The van der Waals surface area contributed by atoms with Gasteiger partial charge in [-0.2, -0.15) is 0 Å². The van der Waals surface area contributed by atoms with Gasteiger partial charge in [-0.05, 0) is 25.6 Å². The quantitative estimate of drug-likeness (QED) is 0.851. The topological polar surface area (TPSA) is 25.4 Å². The Morgan fingerprint density at radius 2 is 2.29 bits per heavy atom. The zero-order valence-electron chi connectivity index (χ0n) is 9.58. The van der Waals surface area contributed by atoms with Crippen LogP contribution in [0.3, 0.4) is 0 Å². The molecule has 0 aliphatic carbocycles. The highest BCUT2D eigenvalue weighted by Gasteiger charge is 2.29. The summed E-state index contributed by atoms with van der Waals surface area (Å²) in [4.78, 5) is 5.95. The minimum Gasteiger partial charge on any atom is -0.490 e. The highest BCUT2D eigenvalue weighted by atomic mass is 35.5.